The zero-order valence-electron chi connectivity index (χ0n) is 22.2. The molecule has 0 amide bonds. The summed E-state index contributed by atoms with van der Waals surface area (Å²) in [5.74, 6) is 0.577. The average molecular weight is 465 g/mol. The van der Waals surface area contributed by atoms with Crippen LogP contribution in [0.3, 0.4) is 0 Å². The molecule has 0 aliphatic heterocycles. The maximum Gasteiger partial charge on any atom is 0.123 e. The highest BCUT2D eigenvalue weighted by molar-refractivity contribution is 5.79. The van der Waals surface area contributed by atoms with Gasteiger partial charge in [-0.3, -0.25) is 0 Å². The van der Waals surface area contributed by atoms with E-state index in [0.29, 0.717) is 0 Å². The molecule has 0 saturated carbocycles. The van der Waals surface area contributed by atoms with E-state index in [0.717, 1.165) is 55.6 Å². The van der Waals surface area contributed by atoms with Crippen LogP contribution in [0.5, 0.6) is 11.5 Å². The smallest absolute Gasteiger partial charge is 0.123 e. The van der Waals surface area contributed by atoms with Gasteiger partial charge < -0.3 is 10.2 Å². The van der Waals surface area contributed by atoms with Crippen molar-refractivity contribution in [2.45, 2.75) is 60.8 Å². The zero-order valence-corrected chi connectivity index (χ0v) is 22.2. The molecule has 0 aliphatic carbocycles. The second-order valence-electron chi connectivity index (χ2n) is 10.4. The van der Waals surface area contributed by atoms with Crippen LogP contribution in [0.4, 0.5) is 0 Å². The van der Waals surface area contributed by atoms with Gasteiger partial charge in [-0.2, -0.15) is 0 Å². The summed E-state index contributed by atoms with van der Waals surface area (Å²) in [4.78, 5) is 0. The minimum Gasteiger partial charge on any atom is -0.507 e. The molecule has 4 rings (SSSR count). The van der Waals surface area contributed by atoms with Gasteiger partial charge in [0, 0.05) is 16.5 Å². The second kappa shape index (κ2) is 8.92. The third-order valence-electron chi connectivity index (χ3n) is 7.66. The number of aryl methyl sites for hydroxylation is 4. The first-order valence-electron chi connectivity index (χ1n) is 12.3. The number of rotatable bonds is 4. The van der Waals surface area contributed by atoms with Gasteiger partial charge in [0.05, 0.1) is 0 Å². The van der Waals surface area contributed by atoms with E-state index in [1.165, 1.54) is 11.1 Å². The van der Waals surface area contributed by atoms with Crippen LogP contribution in [0.25, 0.3) is 22.3 Å². The molecule has 2 heteroatoms. The summed E-state index contributed by atoms with van der Waals surface area (Å²) in [7, 11) is 0. The highest BCUT2D eigenvalue weighted by Crippen LogP contribution is 2.48. The van der Waals surface area contributed by atoms with Gasteiger partial charge in [-0.15, -0.1) is 0 Å². The van der Waals surface area contributed by atoms with Crippen molar-refractivity contribution in [3.05, 3.63) is 105 Å². The van der Waals surface area contributed by atoms with Gasteiger partial charge in [-0.05, 0) is 97.2 Å². The van der Waals surface area contributed by atoms with E-state index in [-0.39, 0.29) is 11.5 Å². The molecule has 0 fully saturated rings. The number of hydrogen-bond acceptors (Lipinski definition) is 2. The van der Waals surface area contributed by atoms with E-state index in [4.69, 9.17) is 0 Å². The molecule has 0 aliphatic rings. The fourth-order valence-electron chi connectivity index (χ4n) is 5.58. The van der Waals surface area contributed by atoms with Gasteiger partial charge >= 0.3 is 0 Å². The van der Waals surface area contributed by atoms with Crippen LogP contribution < -0.4 is 0 Å². The molecule has 2 N–H and O–H groups in total. The third kappa shape index (κ3) is 4.01. The lowest BCUT2D eigenvalue weighted by molar-refractivity contribution is 0.431. The summed E-state index contributed by atoms with van der Waals surface area (Å²) < 4.78 is 0. The van der Waals surface area contributed by atoms with Crippen LogP contribution in [-0.2, 0) is 5.41 Å². The van der Waals surface area contributed by atoms with Crippen molar-refractivity contribution in [1.82, 2.24) is 0 Å². The van der Waals surface area contributed by atoms with E-state index >= 15 is 0 Å². The Morgan fingerprint density at radius 1 is 0.514 bits per heavy atom. The monoisotopic (exact) mass is 464 g/mol. The molecule has 0 heterocycles. The molecule has 4 aromatic carbocycles. The Hall–Kier alpha value is -3.52. The predicted octanol–water partition coefficient (Wildman–Crippen LogP) is 8.61. The normalized spacial score (nSPS) is 11.7. The van der Waals surface area contributed by atoms with E-state index in [9.17, 15) is 10.2 Å². The minimum absolute atomic E-state index is 0.288. The highest BCUT2D eigenvalue weighted by Gasteiger charge is 2.33. The number of phenolic OH excluding ortho intramolecular Hbond substituents is 2. The molecule has 0 saturated heterocycles. The van der Waals surface area contributed by atoms with Crippen LogP contribution in [-0.4, -0.2) is 10.2 Å². The van der Waals surface area contributed by atoms with Gasteiger partial charge in [0.15, 0.2) is 0 Å². The lowest BCUT2D eigenvalue weighted by atomic mass is 9.73. The topological polar surface area (TPSA) is 40.5 Å². The van der Waals surface area contributed by atoms with Crippen molar-refractivity contribution < 1.29 is 10.2 Å². The number of aromatic hydroxyl groups is 2. The quantitative estimate of drug-likeness (QED) is 0.317. The van der Waals surface area contributed by atoms with Gasteiger partial charge in [0.25, 0.3) is 0 Å². The van der Waals surface area contributed by atoms with Crippen LogP contribution in [0.2, 0.25) is 0 Å². The van der Waals surface area contributed by atoms with E-state index in [1.807, 2.05) is 38.1 Å². The first-order valence-corrected chi connectivity index (χ1v) is 12.3. The SMILES string of the molecule is Cc1ccccc1-c1c(C)cc(C(C)(C)c2cc(C)c(-c3ccccc3C)c(C)c2O)c(O)c1C. The molecule has 0 bridgehead atoms. The fraction of sp³-hybridized carbons (Fsp3) is 0.273. The first-order chi connectivity index (χ1) is 16.5. The number of benzene rings is 4. The Balaban J connectivity index is 1.91. The molecule has 35 heavy (non-hydrogen) atoms. The second-order valence-corrected chi connectivity index (χ2v) is 10.4. The van der Waals surface area contributed by atoms with Crippen molar-refractivity contribution in [2.75, 3.05) is 0 Å². The largest absolute Gasteiger partial charge is 0.507 e. The maximum atomic E-state index is 11.5. The average Bonchev–Trinajstić information content (AvgIpc) is 2.81. The summed E-state index contributed by atoms with van der Waals surface area (Å²) in [6.07, 6.45) is 0. The van der Waals surface area contributed by atoms with E-state index < -0.39 is 5.41 Å². The van der Waals surface area contributed by atoms with Crippen LogP contribution in [0.15, 0.2) is 60.7 Å². The first kappa shape index (κ1) is 24.6. The summed E-state index contributed by atoms with van der Waals surface area (Å²) in [6, 6.07) is 20.7. The van der Waals surface area contributed by atoms with Gasteiger partial charge in [0.1, 0.15) is 11.5 Å². The molecule has 2 nitrogen and oxygen atoms in total. The molecule has 0 atom stereocenters. The van der Waals surface area contributed by atoms with Crippen molar-refractivity contribution in [3.63, 3.8) is 0 Å². The van der Waals surface area contributed by atoms with Gasteiger partial charge in [-0.1, -0.05) is 74.5 Å². The summed E-state index contributed by atoms with van der Waals surface area (Å²) in [5, 5.41) is 22.9. The molecule has 0 radical (unpaired) electrons. The van der Waals surface area contributed by atoms with E-state index in [2.05, 4.69) is 77.9 Å². The standard InChI is InChI=1S/C33H36O2/c1-19-13-9-11-15-25(19)29-21(3)17-27(31(34)23(29)5)33(7,8)28-18-22(4)30(24(6)32(28)35)26-16-12-10-14-20(26)2/h9-18,34-35H,1-8H3. The molecule has 0 aromatic heterocycles. The zero-order chi connectivity index (χ0) is 25.7. The van der Waals surface area contributed by atoms with Crippen LogP contribution in [0.1, 0.15) is 58.4 Å². The molecular formula is C33H36O2. The Kier molecular flexibility index (Phi) is 6.27. The molecular weight excluding hydrogens is 428 g/mol. The summed E-state index contributed by atoms with van der Waals surface area (Å²) in [6.45, 7) is 16.5. The van der Waals surface area contributed by atoms with Gasteiger partial charge in [0.2, 0.25) is 0 Å². The number of hydrogen-bond donors (Lipinski definition) is 2. The lowest BCUT2D eigenvalue weighted by Gasteiger charge is -2.31. The highest BCUT2D eigenvalue weighted by atomic mass is 16.3. The Labute approximate surface area is 209 Å². The minimum atomic E-state index is -0.603. The van der Waals surface area contributed by atoms with Crippen LogP contribution >= 0.6 is 0 Å². The number of phenols is 2. The van der Waals surface area contributed by atoms with E-state index in [1.54, 1.807) is 0 Å². The van der Waals surface area contributed by atoms with Crippen molar-refractivity contribution in [2.24, 2.45) is 0 Å². The maximum absolute atomic E-state index is 11.5. The molecule has 0 spiro atoms. The van der Waals surface area contributed by atoms with Crippen molar-refractivity contribution >= 4 is 0 Å². The Morgan fingerprint density at radius 2 is 0.857 bits per heavy atom. The van der Waals surface area contributed by atoms with Crippen molar-refractivity contribution in [1.29, 1.82) is 0 Å². The summed E-state index contributed by atoms with van der Waals surface area (Å²) in [5.41, 5.74) is 11.8. The van der Waals surface area contributed by atoms with Crippen LogP contribution in [0, 0.1) is 41.5 Å². The molecule has 4 aromatic rings. The fourth-order valence-corrected chi connectivity index (χ4v) is 5.58. The molecule has 180 valence electrons. The lowest BCUT2D eigenvalue weighted by Crippen LogP contribution is -2.21. The Morgan fingerprint density at radius 3 is 1.20 bits per heavy atom. The predicted molar refractivity (Wildman–Crippen MR) is 148 cm³/mol. The summed E-state index contributed by atoms with van der Waals surface area (Å²) >= 11 is 0. The third-order valence-corrected chi connectivity index (χ3v) is 7.66. The molecule has 0 unspecified atom stereocenters. The Bertz CT molecular complexity index is 1330. The van der Waals surface area contributed by atoms with Crippen molar-refractivity contribution in [3.8, 4) is 33.8 Å². The van der Waals surface area contributed by atoms with Gasteiger partial charge in [-0.25, -0.2) is 0 Å².